The maximum atomic E-state index is 13.1. The first-order valence-corrected chi connectivity index (χ1v) is 4.98. The molecule has 1 aromatic heterocycles. The van der Waals surface area contributed by atoms with Gasteiger partial charge in [0.05, 0.1) is 5.52 Å². The fraction of sp³-hybridized carbons (Fsp3) is 0.273. The Balaban J connectivity index is 2.71. The van der Waals surface area contributed by atoms with Crippen LogP contribution < -0.4 is 5.73 Å². The number of hydrogen-bond acceptors (Lipinski definition) is 3. The summed E-state index contributed by atoms with van der Waals surface area (Å²) in [5.74, 6) is -0.590. The molecule has 4 nitrogen and oxygen atoms in total. The van der Waals surface area contributed by atoms with E-state index in [0.717, 1.165) is 0 Å². The van der Waals surface area contributed by atoms with E-state index in [9.17, 15) is 9.18 Å². The number of nitrogens with zero attached hydrogens (tertiary/aromatic N) is 2. The molecule has 1 heterocycles. The van der Waals surface area contributed by atoms with Crippen LogP contribution in [0.1, 0.15) is 18.6 Å². The Morgan fingerprint density at radius 3 is 2.81 bits per heavy atom. The second kappa shape index (κ2) is 3.59. The van der Waals surface area contributed by atoms with E-state index >= 15 is 0 Å². The Labute approximate surface area is 91.8 Å². The van der Waals surface area contributed by atoms with Gasteiger partial charge >= 0.3 is 0 Å². The molecule has 16 heavy (non-hydrogen) atoms. The second-order valence-corrected chi connectivity index (χ2v) is 3.95. The van der Waals surface area contributed by atoms with Crippen LogP contribution in [0.25, 0.3) is 10.9 Å². The number of anilines is 1. The topological polar surface area (TPSA) is 60.9 Å². The van der Waals surface area contributed by atoms with Crippen LogP contribution in [0.3, 0.4) is 0 Å². The number of nitrogens with two attached hydrogens (primary N) is 1. The zero-order valence-electron chi connectivity index (χ0n) is 9.07. The quantitative estimate of drug-likeness (QED) is 0.801. The van der Waals surface area contributed by atoms with Gasteiger partial charge in [-0.3, -0.25) is 4.79 Å². The van der Waals surface area contributed by atoms with E-state index in [0.29, 0.717) is 10.9 Å². The van der Waals surface area contributed by atoms with Crippen molar-refractivity contribution in [2.45, 2.75) is 13.8 Å². The number of aromatic nitrogens is 2. The van der Waals surface area contributed by atoms with Crippen molar-refractivity contribution in [3.05, 3.63) is 24.0 Å². The van der Waals surface area contributed by atoms with E-state index in [2.05, 4.69) is 5.10 Å². The van der Waals surface area contributed by atoms with Crippen LogP contribution in [-0.2, 0) is 0 Å². The zero-order chi connectivity index (χ0) is 11.9. The molecular weight excluding hydrogens is 209 g/mol. The molecule has 0 fully saturated rings. The van der Waals surface area contributed by atoms with Gasteiger partial charge in [-0.2, -0.15) is 4.68 Å². The molecule has 0 amide bonds. The van der Waals surface area contributed by atoms with Gasteiger partial charge in [0.25, 0.3) is 0 Å². The van der Waals surface area contributed by atoms with Crippen molar-refractivity contribution < 1.29 is 9.18 Å². The van der Waals surface area contributed by atoms with Crippen molar-refractivity contribution in [2.24, 2.45) is 5.92 Å². The predicted molar refractivity (Wildman–Crippen MR) is 59.6 cm³/mol. The van der Waals surface area contributed by atoms with Crippen LogP contribution in [0.2, 0.25) is 0 Å². The van der Waals surface area contributed by atoms with Crippen molar-refractivity contribution >= 4 is 22.6 Å². The number of rotatable bonds is 1. The molecule has 2 aromatic rings. The second-order valence-electron chi connectivity index (χ2n) is 3.95. The Bertz CT molecular complexity index is 560. The first-order valence-electron chi connectivity index (χ1n) is 4.98. The molecule has 2 rings (SSSR count). The summed E-state index contributed by atoms with van der Waals surface area (Å²) in [6.45, 7) is 3.51. The third-order valence-electron chi connectivity index (χ3n) is 2.37. The lowest BCUT2D eigenvalue weighted by Crippen LogP contribution is -2.18. The van der Waals surface area contributed by atoms with Crippen molar-refractivity contribution in [3.63, 3.8) is 0 Å². The van der Waals surface area contributed by atoms with E-state index in [1.54, 1.807) is 13.8 Å². The lowest BCUT2D eigenvalue weighted by Gasteiger charge is -2.04. The van der Waals surface area contributed by atoms with Crippen molar-refractivity contribution in [1.29, 1.82) is 0 Å². The van der Waals surface area contributed by atoms with Crippen LogP contribution >= 0.6 is 0 Å². The lowest BCUT2D eigenvalue weighted by molar-refractivity contribution is 0.0845. The molecule has 0 radical (unpaired) electrons. The van der Waals surface area contributed by atoms with Gasteiger partial charge in [0.15, 0.2) is 5.82 Å². The number of carbonyl (C=O) groups excluding carboxylic acids is 1. The molecular formula is C11H12FN3O. The number of halogens is 1. The summed E-state index contributed by atoms with van der Waals surface area (Å²) in [6.07, 6.45) is 0. The fourth-order valence-corrected chi connectivity index (χ4v) is 1.52. The van der Waals surface area contributed by atoms with Gasteiger partial charge in [0.1, 0.15) is 5.82 Å². The molecule has 0 aliphatic heterocycles. The molecule has 0 saturated carbocycles. The minimum Gasteiger partial charge on any atom is -0.382 e. The molecule has 0 saturated heterocycles. The van der Waals surface area contributed by atoms with Crippen molar-refractivity contribution in [3.8, 4) is 0 Å². The normalized spacial score (nSPS) is 11.2. The average Bonchev–Trinajstić information content (AvgIpc) is 2.54. The monoisotopic (exact) mass is 221 g/mol. The van der Waals surface area contributed by atoms with E-state index in [1.165, 1.54) is 22.9 Å². The lowest BCUT2D eigenvalue weighted by atomic mass is 10.2. The largest absolute Gasteiger partial charge is 0.382 e. The number of hydrogen-bond donors (Lipinski definition) is 1. The molecule has 0 aliphatic rings. The summed E-state index contributed by atoms with van der Waals surface area (Å²) in [7, 11) is 0. The van der Waals surface area contributed by atoms with Crippen LogP contribution in [0.5, 0.6) is 0 Å². The smallest absolute Gasteiger partial charge is 0.250 e. The first-order chi connectivity index (χ1) is 7.50. The Morgan fingerprint density at radius 1 is 1.50 bits per heavy atom. The van der Waals surface area contributed by atoms with Gasteiger partial charge in [-0.05, 0) is 12.1 Å². The maximum absolute atomic E-state index is 13.1. The first kappa shape index (κ1) is 10.6. The van der Waals surface area contributed by atoms with E-state index in [4.69, 9.17) is 5.73 Å². The van der Waals surface area contributed by atoms with Crippen molar-refractivity contribution in [1.82, 2.24) is 9.78 Å². The fourth-order valence-electron chi connectivity index (χ4n) is 1.52. The highest BCUT2D eigenvalue weighted by molar-refractivity contribution is 5.97. The Morgan fingerprint density at radius 2 is 2.19 bits per heavy atom. The number of carbonyl (C=O) groups is 1. The molecule has 0 bridgehead atoms. The molecule has 2 N–H and O–H groups in total. The molecule has 84 valence electrons. The standard InChI is InChI=1S/C11H12FN3O/c1-6(2)11(16)15-9-5-7(12)3-4-8(9)10(13)14-15/h3-6H,1-2H3,(H2,13,14). The highest BCUT2D eigenvalue weighted by Gasteiger charge is 2.16. The third-order valence-corrected chi connectivity index (χ3v) is 2.37. The molecule has 0 aliphatic carbocycles. The van der Waals surface area contributed by atoms with Gasteiger partial charge < -0.3 is 5.73 Å². The SMILES string of the molecule is CC(C)C(=O)n1nc(N)c2ccc(F)cc21. The van der Waals surface area contributed by atoms with E-state index in [-0.39, 0.29) is 17.6 Å². The minimum absolute atomic E-state index is 0.202. The molecule has 0 spiro atoms. The number of nitrogen functional groups attached to an aromatic ring is 1. The summed E-state index contributed by atoms with van der Waals surface area (Å²) in [5.41, 5.74) is 6.07. The van der Waals surface area contributed by atoms with Gasteiger partial charge in [-0.25, -0.2) is 4.39 Å². The van der Waals surface area contributed by atoms with Gasteiger partial charge in [-0.1, -0.05) is 13.8 Å². The van der Waals surface area contributed by atoms with Gasteiger partial charge in [0.2, 0.25) is 5.91 Å². The number of benzene rings is 1. The minimum atomic E-state index is -0.412. The summed E-state index contributed by atoms with van der Waals surface area (Å²) in [4.78, 5) is 11.8. The Hall–Kier alpha value is -1.91. The zero-order valence-corrected chi connectivity index (χ0v) is 9.07. The van der Waals surface area contributed by atoms with Crippen LogP contribution in [0, 0.1) is 11.7 Å². The van der Waals surface area contributed by atoms with Crippen LogP contribution in [0.15, 0.2) is 18.2 Å². The number of fused-ring (bicyclic) bond motifs is 1. The van der Waals surface area contributed by atoms with E-state index in [1.807, 2.05) is 0 Å². The predicted octanol–water partition coefficient (Wildman–Crippen LogP) is 2.05. The Kier molecular flexibility index (Phi) is 2.38. The average molecular weight is 221 g/mol. The molecule has 5 heteroatoms. The highest BCUT2D eigenvalue weighted by atomic mass is 19.1. The maximum Gasteiger partial charge on any atom is 0.250 e. The van der Waals surface area contributed by atoms with Gasteiger partial charge in [-0.15, -0.1) is 5.10 Å². The molecule has 0 atom stereocenters. The summed E-state index contributed by atoms with van der Waals surface area (Å²) in [6, 6.07) is 4.08. The highest BCUT2D eigenvalue weighted by Crippen LogP contribution is 2.22. The van der Waals surface area contributed by atoms with Crippen LogP contribution in [0.4, 0.5) is 10.2 Å². The third kappa shape index (κ3) is 1.54. The van der Waals surface area contributed by atoms with Gasteiger partial charge in [0, 0.05) is 17.4 Å². The summed E-state index contributed by atoms with van der Waals surface area (Å²) >= 11 is 0. The van der Waals surface area contributed by atoms with E-state index < -0.39 is 5.82 Å². The summed E-state index contributed by atoms with van der Waals surface area (Å²) in [5, 5.41) is 4.52. The molecule has 1 aromatic carbocycles. The van der Waals surface area contributed by atoms with Crippen molar-refractivity contribution in [2.75, 3.05) is 5.73 Å². The van der Waals surface area contributed by atoms with Crippen LogP contribution in [-0.4, -0.2) is 15.7 Å². The molecule has 0 unspecified atom stereocenters. The summed E-state index contributed by atoms with van der Waals surface area (Å²) < 4.78 is 14.3.